The summed E-state index contributed by atoms with van der Waals surface area (Å²) in [7, 11) is 0. The Kier molecular flexibility index (Phi) is 5.21. The lowest BCUT2D eigenvalue weighted by molar-refractivity contribution is -0.165. The average molecular weight is 287 g/mol. The molecule has 3 nitrogen and oxygen atoms in total. The third kappa shape index (κ3) is 4.40. The van der Waals surface area contributed by atoms with Crippen molar-refractivity contribution in [1.82, 2.24) is 5.06 Å². The van der Waals surface area contributed by atoms with Gasteiger partial charge in [0.1, 0.15) is 0 Å². The van der Waals surface area contributed by atoms with E-state index in [-0.39, 0.29) is 12.5 Å². The second-order valence-corrected chi connectivity index (χ2v) is 5.54. The van der Waals surface area contributed by atoms with Crippen LogP contribution in [0.15, 0.2) is 59.5 Å². The molecule has 20 heavy (non-hydrogen) atoms. The van der Waals surface area contributed by atoms with Crippen LogP contribution in [0.5, 0.6) is 0 Å². The van der Waals surface area contributed by atoms with Crippen LogP contribution in [0.25, 0.3) is 0 Å². The third-order valence-corrected chi connectivity index (χ3v) is 3.95. The van der Waals surface area contributed by atoms with E-state index in [4.69, 9.17) is 0 Å². The highest BCUT2D eigenvalue weighted by Crippen LogP contribution is 2.23. The Hall–Kier alpha value is -1.78. The normalized spacial score (nSPS) is 10.3. The molecule has 0 saturated heterocycles. The summed E-state index contributed by atoms with van der Waals surface area (Å²) in [6, 6.07) is 18.2. The van der Waals surface area contributed by atoms with E-state index < -0.39 is 0 Å². The van der Waals surface area contributed by atoms with Gasteiger partial charge in [-0.05, 0) is 23.3 Å². The Bertz CT molecular complexity index is 554. The highest BCUT2D eigenvalue weighted by molar-refractivity contribution is 7.98. The van der Waals surface area contributed by atoms with Crippen molar-refractivity contribution in [3.05, 3.63) is 65.7 Å². The summed E-state index contributed by atoms with van der Waals surface area (Å²) in [5.41, 5.74) is 2.20. The van der Waals surface area contributed by atoms with E-state index in [1.54, 1.807) is 11.8 Å². The van der Waals surface area contributed by atoms with Crippen LogP contribution in [0.2, 0.25) is 0 Å². The van der Waals surface area contributed by atoms with Gasteiger partial charge in [0.15, 0.2) is 0 Å². The molecule has 2 aromatic rings. The number of hydrogen-bond donors (Lipinski definition) is 1. The maximum absolute atomic E-state index is 10.9. The van der Waals surface area contributed by atoms with Gasteiger partial charge in [-0.25, -0.2) is 5.06 Å². The van der Waals surface area contributed by atoms with Crippen molar-refractivity contribution in [2.75, 3.05) is 0 Å². The maximum atomic E-state index is 10.9. The second-order valence-electron chi connectivity index (χ2n) is 4.49. The van der Waals surface area contributed by atoms with Crippen molar-refractivity contribution in [3.63, 3.8) is 0 Å². The molecule has 0 aliphatic rings. The number of hydroxylamine groups is 2. The number of amides is 1. The first-order valence-electron chi connectivity index (χ1n) is 6.38. The van der Waals surface area contributed by atoms with E-state index >= 15 is 0 Å². The van der Waals surface area contributed by atoms with E-state index in [0.29, 0.717) is 5.06 Å². The van der Waals surface area contributed by atoms with Crippen LogP contribution < -0.4 is 0 Å². The van der Waals surface area contributed by atoms with Crippen LogP contribution in [0.4, 0.5) is 0 Å². The molecule has 0 aliphatic carbocycles. The van der Waals surface area contributed by atoms with Crippen molar-refractivity contribution >= 4 is 17.7 Å². The van der Waals surface area contributed by atoms with E-state index in [9.17, 15) is 10.0 Å². The number of rotatable bonds is 5. The zero-order valence-corrected chi connectivity index (χ0v) is 12.1. The molecule has 2 aromatic carbocycles. The lowest BCUT2D eigenvalue weighted by Crippen LogP contribution is -2.23. The van der Waals surface area contributed by atoms with Gasteiger partial charge in [-0.2, -0.15) is 0 Å². The molecular formula is C16H17NO2S. The van der Waals surface area contributed by atoms with Crippen molar-refractivity contribution in [3.8, 4) is 0 Å². The molecular weight excluding hydrogens is 270 g/mol. The van der Waals surface area contributed by atoms with Gasteiger partial charge >= 0.3 is 0 Å². The number of carbonyl (C=O) groups excluding carboxylic acids is 1. The van der Waals surface area contributed by atoms with Gasteiger partial charge in [0.25, 0.3) is 0 Å². The molecule has 0 fully saturated rings. The van der Waals surface area contributed by atoms with E-state index in [1.807, 2.05) is 42.5 Å². The number of nitrogens with zero attached hydrogens (tertiary/aromatic N) is 1. The van der Waals surface area contributed by atoms with E-state index in [2.05, 4.69) is 12.1 Å². The van der Waals surface area contributed by atoms with Crippen LogP contribution in [0, 0.1) is 0 Å². The number of carbonyl (C=O) groups is 1. The minimum Gasteiger partial charge on any atom is -0.286 e. The van der Waals surface area contributed by atoms with Gasteiger partial charge in [0.2, 0.25) is 5.91 Å². The Morgan fingerprint density at radius 1 is 1.05 bits per heavy atom. The Labute approximate surface area is 123 Å². The lowest BCUT2D eigenvalue weighted by Gasteiger charge is -2.12. The molecule has 0 atom stereocenters. The molecule has 1 amide bonds. The lowest BCUT2D eigenvalue weighted by atomic mass is 10.2. The fourth-order valence-electron chi connectivity index (χ4n) is 1.72. The molecule has 0 radical (unpaired) electrons. The van der Waals surface area contributed by atoms with Gasteiger partial charge in [-0.15, -0.1) is 11.8 Å². The molecule has 0 heterocycles. The van der Waals surface area contributed by atoms with Crippen molar-refractivity contribution in [2.24, 2.45) is 0 Å². The monoisotopic (exact) mass is 287 g/mol. The summed E-state index contributed by atoms with van der Waals surface area (Å²) in [4.78, 5) is 12.1. The quantitative estimate of drug-likeness (QED) is 0.517. The van der Waals surface area contributed by atoms with Crippen LogP contribution in [-0.4, -0.2) is 16.2 Å². The van der Waals surface area contributed by atoms with Crippen molar-refractivity contribution in [2.45, 2.75) is 24.1 Å². The molecule has 1 N–H and O–H groups in total. The molecule has 0 saturated carbocycles. The van der Waals surface area contributed by atoms with Gasteiger partial charge in [-0.1, -0.05) is 42.5 Å². The summed E-state index contributed by atoms with van der Waals surface area (Å²) in [6.45, 7) is 1.56. The third-order valence-electron chi connectivity index (χ3n) is 2.87. The highest BCUT2D eigenvalue weighted by Gasteiger charge is 2.05. The molecule has 2 rings (SSSR count). The van der Waals surface area contributed by atoms with Crippen LogP contribution >= 0.6 is 11.8 Å². The number of thioether (sulfide) groups is 1. The Morgan fingerprint density at radius 3 is 2.30 bits per heavy atom. The minimum atomic E-state index is -0.354. The van der Waals surface area contributed by atoms with Crippen LogP contribution in [0.1, 0.15) is 18.1 Å². The first kappa shape index (κ1) is 14.6. The summed E-state index contributed by atoms with van der Waals surface area (Å²) in [6.07, 6.45) is 0. The topological polar surface area (TPSA) is 40.5 Å². The minimum absolute atomic E-state index is 0.221. The van der Waals surface area contributed by atoms with Gasteiger partial charge in [0, 0.05) is 17.6 Å². The van der Waals surface area contributed by atoms with Crippen LogP contribution in [0.3, 0.4) is 0 Å². The molecule has 0 unspecified atom stereocenters. The van der Waals surface area contributed by atoms with E-state index in [1.165, 1.54) is 17.4 Å². The summed E-state index contributed by atoms with van der Waals surface area (Å²) >= 11 is 1.76. The number of benzene rings is 2. The summed E-state index contributed by atoms with van der Waals surface area (Å²) in [5.74, 6) is 0.576. The van der Waals surface area contributed by atoms with Crippen molar-refractivity contribution < 1.29 is 10.0 Å². The summed E-state index contributed by atoms with van der Waals surface area (Å²) in [5, 5.41) is 10.1. The predicted molar refractivity (Wildman–Crippen MR) is 80.5 cm³/mol. The maximum Gasteiger partial charge on any atom is 0.243 e. The first-order chi connectivity index (χ1) is 9.65. The van der Waals surface area contributed by atoms with Crippen molar-refractivity contribution in [1.29, 1.82) is 0 Å². The standard InChI is InChI=1S/C16H17NO2S/c1-13(18)17(19)11-14-7-9-16(10-8-14)20-12-15-5-3-2-4-6-15/h2-10,19H,11-12H2,1H3. The number of hydrogen-bond acceptors (Lipinski definition) is 3. The fourth-order valence-corrected chi connectivity index (χ4v) is 2.57. The zero-order valence-electron chi connectivity index (χ0n) is 11.3. The van der Waals surface area contributed by atoms with Gasteiger partial charge in [-0.3, -0.25) is 10.0 Å². The molecule has 0 spiro atoms. The largest absolute Gasteiger partial charge is 0.286 e. The average Bonchev–Trinajstić information content (AvgIpc) is 2.47. The SMILES string of the molecule is CC(=O)N(O)Cc1ccc(SCc2ccccc2)cc1. The first-order valence-corrected chi connectivity index (χ1v) is 7.36. The molecule has 4 heteroatoms. The van der Waals surface area contributed by atoms with Gasteiger partial charge in [0.05, 0.1) is 6.54 Å². The Morgan fingerprint density at radius 2 is 1.70 bits per heavy atom. The second kappa shape index (κ2) is 7.12. The van der Waals surface area contributed by atoms with Gasteiger partial charge < -0.3 is 0 Å². The zero-order chi connectivity index (χ0) is 14.4. The molecule has 0 aliphatic heterocycles. The molecule has 104 valence electrons. The van der Waals surface area contributed by atoms with Crippen LogP contribution in [-0.2, 0) is 17.1 Å². The predicted octanol–water partition coefficient (Wildman–Crippen LogP) is 3.72. The van der Waals surface area contributed by atoms with E-state index in [0.717, 1.165) is 11.3 Å². The fraction of sp³-hybridized carbons (Fsp3) is 0.188. The highest BCUT2D eigenvalue weighted by atomic mass is 32.2. The molecule has 0 aromatic heterocycles. The smallest absolute Gasteiger partial charge is 0.243 e. The summed E-state index contributed by atoms with van der Waals surface area (Å²) < 4.78 is 0. The Balaban J connectivity index is 1.90. The molecule has 0 bridgehead atoms.